The molecule has 0 aromatic carbocycles. The van der Waals surface area contributed by atoms with Gasteiger partial charge >= 0.3 is 0 Å². The summed E-state index contributed by atoms with van der Waals surface area (Å²) in [5.41, 5.74) is 0. The highest BCUT2D eigenvalue weighted by molar-refractivity contribution is 9.09. The molecular formula is C8H8BrClS. The highest BCUT2D eigenvalue weighted by Gasteiger charge is 2.31. The summed E-state index contributed by atoms with van der Waals surface area (Å²) < 4.78 is 0.894. The van der Waals surface area contributed by atoms with Gasteiger partial charge in [-0.2, -0.15) is 0 Å². The molecule has 0 amide bonds. The Morgan fingerprint density at radius 1 is 1.55 bits per heavy atom. The lowest BCUT2D eigenvalue weighted by Crippen LogP contribution is -1.85. The Morgan fingerprint density at radius 3 is 2.73 bits per heavy atom. The Morgan fingerprint density at radius 2 is 2.27 bits per heavy atom. The monoisotopic (exact) mass is 250 g/mol. The molecule has 11 heavy (non-hydrogen) atoms. The SMILES string of the molecule is Clc1ccc(C(Br)C2CC2)s1. The van der Waals surface area contributed by atoms with Crippen molar-refractivity contribution in [1.82, 2.24) is 0 Å². The van der Waals surface area contributed by atoms with Gasteiger partial charge in [-0.25, -0.2) is 0 Å². The number of halogens is 2. The quantitative estimate of drug-likeness (QED) is 0.690. The Bertz CT molecular complexity index is 254. The smallest absolute Gasteiger partial charge is 0.0931 e. The summed E-state index contributed by atoms with van der Waals surface area (Å²) in [4.78, 5) is 1.93. The highest BCUT2D eigenvalue weighted by atomic mass is 79.9. The lowest BCUT2D eigenvalue weighted by molar-refractivity contribution is 0.837. The average molecular weight is 252 g/mol. The highest BCUT2D eigenvalue weighted by Crippen LogP contribution is 2.48. The van der Waals surface area contributed by atoms with Crippen LogP contribution in [0, 0.1) is 5.92 Å². The number of hydrogen-bond donors (Lipinski definition) is 0. The number of hydrogen-bond acceptors (Lipinski definition) is 1. The van der Waals surface area contributed by atoms with Gasteiger partial charge in [-0.1, -0.05) is 27.5 Å². The minimum atomic E-state index is 0.556. The fraction of sp³-hybridized carbons (Fsp3) is 0.500. The van der Waals surface area contributed by atoms with E-state index in [4.69, 9.17) is 11.6 Å². The molecule has 0 bridgehead atoms. The van der Waals surface area contributed by atoms with Crippen molar-refractivity contribution in [2.45, 2.75) is 17.7 Å². The molecule has 1 saturated carbocycles. The number of alkyl halides is 1. The van der Waals surface area contributed by atoms with E-state index in [9.17, 15) is 0 Å². The molecule has 0 spiro atoms. The maximum atomic E-state index is 5.83. The summed E-state index contributed by atoms with van der Waals surface area (Å²) in [6.45, 7) is 0. The molecule has 0 radical (unpaired) electrons. The second-order valence-corrected chi connectivity index (χ2v) is 5.61. The average Bonchev–Trinajstić information content (AvgIpc) is 2.74. The van der Waals surface area contributed by atoms with Crippen molar-refractivity contribution < 1.29 is 0 Å². The maximum absolute atomic E-state index is 5.83. The summed E-state index contributed by atoms with van der Waals surface area (Å²) >= 11 is 11.2. The molecule has 3 heteroatoms. The van der Waals surface area contributed by atoms with Crippen molar-refractivity contribution in [3.05, 3.63) is 21.3 Å². The topological polar surface area (TPSA) is 0 Å². The third-order valence-corrected chi connectivity index (χ3v) is 4.76. The van der Waals surface area contributed by atoms with E-state index >= 15 is 0 Å². The standard InChI is InChI=1S/C8H8BrClS/c9-8(5-1-2-5)6-3-4-7(10)11-6/h3-5,8H,1-2H2. The van der Waals surface area contributed by atoms with Crippen molar-refractivity contribution in [3.8, 4) is 0 Å². The summed E-state index contributed by atoms with van der Waals surface area (Å²) in [5.74, 6) is 0.865. The van der Waals surface area contributed by atoms with E-state index in [2.05, 4.69) is 22.0 Å². The minimum Gasteiger partial charge on any atom is -0.127 e. The maximum Gasteiger partial charge on any atom is 0.0931 e. The predicted octanol–water partition coefficient (Wildman–Crippen LogP) is 4.25. The van der Waals surface area contributed by atoms with Crippen molar-refractivity contribution in [2.75, 3.05) is 0 Å². The summed E-state index contributed by atoms with van der Waals surface area (Å²) in [6.07, 6.45) is 2.73. The zero-order chi connectivity index (χ0) is 7.84. The summed E-state index contributed by atoms with van der Waals surface area (Å²) in [6, 6.07) is 4.09. The summed E-state index contributed by atoms with van der Waals surface area (Å²) in [7, 11) is 0. The van der Waals surface area contributed by atoms with Crippen LogP contribution in [0.3, 0.4) is 0 Å². The number of rotatable bonds is 2. The molecule has 1 aromatic rings. The van der Waals surface area contributed by atoms with E-state index < -0.39 is 0 Å². The zero-order valence-corrected chi connectivity index (χ0v) is 9.05. The van der Waals surface area contributed by atoms with Crippen molar-refractivity contribution in [3.63, 3.8) is 0 Å². The molecule has 60 valence electrons. The van der Waals surface area contributed by atoms with E-state index in [1.54, 1.807) is 11.3 Å². The first-order chi connectivity index (χ1) is 5.27. The molecule has 1 atom stereocenters. The Hall–Kier alpha value is 0.470. The van der Waals surface area contributed by atoms with Gasteiger partial charge in [0.25, 0.3) is 0 Å². The molecule has 0 N–H and O–H groups in total. The van der Waals surface area contributed by atoms with Crippen molar-refractivity contribution >= 4 is 38.9 Å². The Labute approximate surface area is 83.7 Å². The van der Waals surface area contributed by atoms with Gasteiger partial charge in [-0.3, -0.25) is 0 Å². The van der Waals surface area contributed by atoms with Crippen LogP contribution in [0.15, 0.2) is 12.1 Å². The van der Waals surface area contributed by atoms with Gasteiger partial charge in [-0.05, 0) is 30.9 Å². The van der Waals surface area contributed by atoms with Gasteiger partial charge in [0.1, 0.15) is 0 Å². The van der Waals surface area contributed by atoms with E-state index in [0.29, 0.717) is 4.83 Å². The fourth-order valence-electron chi connectivity index (χ4n) is 1.10. The molecular weight excluding hydrogens is 244 g/mol. The first-order valence-electron chi connectivity index (χ1n) is 3.66. The van der Waals surface area contributed by atoms with E-state index in [1.165, 1.54) is 17.7 Å². The fourth-order valence-corrected chi connectivity index (χ4v) is 3.19. The predicted molar refractivity (Wildman–Crippen MR) is 53.7 cm³/mol. The van der Waals surface area contributed by atoms with Gasteiger partial charge in [0.05, 0.1) is 9.16 Å². The normalized spacial score (nSPS) is 20.2. The molecule has 1 fully saturated rings. The largest absolute Gasteiger partial charge is 0.127 e. The van der Waals surface area contributed by atoms with Gasteiger partial charge in [0.2, 0.25) is 0 Å². The van der Waals surface area contributed by atoms with Crippen LogP contribution in [0.25, 0.3) is 0 Å². The Kier molecular flexibility index (Phi) is 2.26. The second kappa shape index (κ2) is 3.08. The molecule has 0 nitrogen and oxygen atoms in total. The zero-order valence-electron chi connectivity index (χ0n) is 5.89. The van der Waals surface area contributed by atoms with Crippen LogP contribution in [0.2, 0.25) is 4.34 Å². The molecule has 1 aliphatic carbocycles. The van der Waals surface area contributed by atoms with Crippen LogP contribution < -0.4 is 0 Å². The molecule has 1 heterocycles. The van der Waals surface area contributed by atoms with Crippen LogP contribution in [0.1, 0.15) is 22.5 Å². The molecule has 1 unspecified atom stereocenters. The van der Waals surface area contributed by atoms with Crippen molar-refractivity contribution in [1.29, 1.82) is 0 Å². The van der Waals surface area contributed by atoms with Crippen molar-refractivity contribution in [2.24, 2.45) is 5.92 Å². The molecule has 1 aliphatic rings. The lowest BCUT2D eigenvalue weighted by atomic mass is 10.2. The second-order valence-electron chi connectivity index (χ2n) is 2.88. The lowest BCUT2D eigenvalue weighted by Gasteiger charge is -2.02. The first kappa shape index (κ1) is 8.09. The molecule has 0 saturated heterocycles. The van der Waals surface area contributed by atoms with Crippen LogP contribution >= 0.6 is 38.9 Å². The Balaban J connectivity index is 2.14. The molecule has 0 aliphatic heterocycles. The third-order valence-electron chi connectivity index (χ3n) is 1.90. The van der Waals surface area contributed by atoms with Crippen LogP contribution in [-0.4, -0.2) is 0 Å². The van der Waals surface area contributed by atoms with Gasteiger partial charge in [0, 0.05) is 4.88 Å². The van der Waals surface area contributed by atoms with E-state index in [1.807, 2.05) is 6.07 Å². The number of thiophene rings is 1. The minimum absolute atomic E-state index is 0.556. The van der Waals surface area contributed by atoms with E-state index in [-0.39, 0.29) is 0 Å². The van der Waals surface area contributed by atoms with Gasteiger partial charge in [-0.15, -0.1) is 11.3 Å². The van der Waals surface area contributed by atoms with Crippen LogP contribution in [0.5, 0.6) is 0 Å². The summed E-state index contributed by atoms with van der Waals surface area (Å²) in [5, 5.41) is 0. The first-order valence-corrected chi connectivity index (χ1v) is 5.77. The van der Waals surface area contributed by atoms with Crippen LogP contribution in [0.4, 0.5) is 0 Å². The third kappa shape index (κ3) is 1.79. The van der Waals surface area contributed by atoms with Gasteiger partial charge < -0.3 is 0 Å². The van der Waals surface area contributed by atoms with Gasteiger partial charge in [0.15, 0.2) is 0 Å². The molecule has 2 rings (SSSR count). The van der Waals surface area contributed by atoms with E-state index in [0.717, 1.165) is 10.3 Å². The molecule has 1 aromatic heterocycles. The van der Waals surface area contributed by atoms with Crippen LogP contribution in [-0.2, 0) is 0 Å².